The van der Waals surface area contributed by atoms with Gasteiger partial charge in [0, 0.05) is 81.8 Å². The molecule has 0 spiro atoms. The Morgan fingerprint density at radius 3 is 2.33 bits per heavy atom. The van der Waals surface area contributed by atoms with E-state index in [0.29, 0.717) is 26.2 Å². The van der Waals surface area contributed by atoms with E-state index in [2.05, 4.69) is 73.3 Å². The number of para-hydroxylation sites is 2. The molecule has 0 radical (unpaired) electrons. The Kier molecular flexibility index (Phi) is 9.34. The second-order valence-corrected chi connectivity index (χ2v) is 15.5. The van der Waals surface area contributed by atoms with Crippen molar-refractivity contribution in [2.24, 2.45) is 5.41 Å². The number of benzene rings is 2. The van der Waals surface area contributed by atoms with E-state index in [1.807, 2.05) is 32.9 Å². The summed E-state index contributed by atoms with van der Waals surface area (Å²) >= 11 is 1.64. The lowest BCUT2D eigenvalue weighted by atomic mass is 9.95. The van der Waals surface area contributed by atoms with E-state index in [1.54, 1.807) is 11.8 Å². The Bertz CT molecular complexity index is 1400. The number of carbonyl (C=O) groups excluding carboxylic acids is 3. The zero-order chi connectivity index (χ0) is 31.7. The van der Waals surface area contributed by atoms with Crippen LogP contribution in [0, 0.1) is 5.41 Å². The van der Waals surface area contributed by atoms with Crippen LogP contribution in [0.3, 0.4) is 0 Å². The molecule has 3 saturated heterocycles. The lowest BCUT2D eigenvalue weighted by Crippen LogP contribution is -2.50. The summed E-state index contributed by atoms with van der Waals surface area (Å²) < 4.78 is 0. The number of fused-ring (bicyclic) bond motifs is 1. The van der Waals surface area contributed by atoms with Gasteiger partial charge < -0.3 is 29.8 Å². The number of carbonyl (C=O) groups is 3. The highest BCUT2D eigenvalue weighted by atomic mass is 32.2. The molecule has 4 aliphatic heterocycles. The van der Waals surface area contributed by atoms with Gasteiger partial charge in [-0.2, -0.15) is 0 Å². The minimum atomic E-state index is -0.405. The first-order valence-corrected chi connectivity index (χ1v) is 17.4. The molecular formula is C35H48N6O3S. The number of piperidine rings is 1. The third kappa shape index (κ3) is 7.12. The van der Waals surface area contributed by atoms with Gasteiger partial charge >= 0.3 is 6.03 Å². The lowest BCUT2D eigenvalue weighted by molar-refractivity contribution is -0.137. The third-order valence-electron chi connectivity index (χ3n) is 9.59. The van der Waals surface area contributed by atoms with Crippen LogP contribution >= 0.6 is 11.8 Å². The van der Waals surface area contributed by atoms with Gasteiger partial charge in [-0.25, -0.2) is 4.79 Å². The van der Waals surface area contributed by atoms with Crippen molar-refractivity contribution >= 4 is 41.0 Å². The lowest BCUT2D eigenvalue weighted by Gasteiger charge is -2.38. The number of likely N-dealkylation sites (N-methyl/N-ethyl adjacent to an activating group) is 1. The van der Waals surface area contributed by atoms with Crippen LogP contribution in [0.1, 0.15) is 56.5 Å². The van der Waals surface area contributed by atoms with Crippen LogP contribution in [0.25, 0.3) is 0 Å². The molecule has 2 unspecified atom stereocenters. The van der Waals surface area contributed by atoms with E-state index in [0.717, 1.165) is 56.7 Å². The molecule has 2 aromatic rings. The van der Waals surface area contributed by atoms with Crippen molar-refractivity contribution < 1.29 is 14.4 Å². The molecule has 2 aromatic carbocycles. The topological polar surface area (TPSA) is 79.4 Å². The molecular weight excluding hydrogens is 584 g/mol. The fraction of sp³-hybridized carbons (Fsp3) is 0.571. The molecule has 4 amide bonds. The largest absolute Gasteiger partial charge is 0.369 e. The molecule has 3 fully saturated rings. The third-order valence-corrected chi connectivity index (χ3v) is 11.0. The highest BCUT2D eigenvalue weighted by Crippen LogP contribution is 2.48. The Labute approximate surface area is 272 Å². The van der Waals surface area contributed by atoms with Crippen LogP contribution in [0.5, 0.6) is 0 Å². The number of amides is 4. The average Bonchev–Trinajstić information content (AvgIpc) is 3.20. The number of hydrogen-bond donors (Lipinski definition) is 1. The van der Waals surface area contributed by atoms with Crippen molar-refractivity contribution in [2.75, 3.05) is 69.6 Å². The van der Waals surface area contributed by atoms with Gasteiger partial charge in [0.2, 0.25) is 11.8 Å². The maximum absolute atomic E-state index is 14.0. The molecule has 2 atom stereocenters. The molecule has 4 heterocycles. The van der Waals surface area contributed by atoms with Gasteiger partial charge in [-0.1, -0.05) is 57.2 Å². The van der Waals surface area contributed by atoms with Crippen LogP contribution in [0.2, 0.25) is 0 Å². The van der Waals surface area contributed by atoms with Crippen molar-refractivity contribution in [1.82, 2.24) is 19.6 Å². The zero-order valence-corrected chi connectivity index (χ0v) is 28.0. The van der Waals surface area contributed by atoms with Gasteiger partial charge in [0.15, 0.2) is 0 Å². The molecule has 6 rings (SSSR count). The van der Waals surface area contributed by atoms with Gasteiger partial charge in [0.05, 0.1) is 5.25 Å². The number of nitrogens with zero attached hydrogens (tertiary/aromatic N) is 5. The Morgan fingerprint density at radius 2 is 1.60 bits per heavy atom. The van der Waals surface area contributed by atoms with E-state index in [4.69, 9.17) is 0 Å². The van der Waals surface area contributed by atoms with Crippen molar-refractivity contribution in [3.05, 3.63) is 59.7 Å². The highest BCUT2D eigenvalue weighted by Gasteiger charge is 2.45. The van der Waals surface area contributed by atoms with E-state index in [9.17, 15) is 14.4 Å². The van der Waals surface area contributed by atoms with Crippen LogP contribution in [0.15, 0.2) is 48.5 Å². The molecule has 4 aliphatic rings. The zero-order valence-electron chi connectivity index (χ0n) is 27.2. The molecule has 0 bridgehead atoms. The average molecular weight is 633 g/mol. The Morgan fingerprint density at radius 1 is 0.911 bits per heavy atom. The van der Waals surface area contributed by atoms with Crippen molar-refractivity contribution in [3.8, 4) is 0 Å². The quantitative estimate of drug-likeness (QED) is 0.489. The van der Waals surface area contributed by atoms with Gasteiger partial charge in [-0.3, -0.25) is 9.59 Å². The summed E-state index contributed by atoms with van der Waals surface area (Å²) in [6.45, 7) is 13.0. The summed E-state index contributed by atoms with van der Waals surface area (Å²) in [5, 5.41) is 2.55. The van der Waals surface area contributed by atoms with Crippen LogP contribution in [-0.2, 0) is 16.0 Å². The van der Waals surface area contributed by atoms with Crippen molar-refractivity contribution in [2.45, 2.75) is 63.1 Å². The normalized spacial score (nSPS) is 23.6. The van der Waals surface area contributed by atoms with E-state index >= 15 is 0 Å². The molecule has 10 heteroatoms. The molecule has 0 saturated carbocycles. The minimum absolute atomic E-state index is 0.0377. The first-order chi connectivity index (χ1) is 21.6. The molecule has 0 aromatic heterocycles. The fourth-order valence-electron chi connectivity index (χ4n) is 7.12. The number of nitrogens with one attached hydrogen (secondary N) is 1. The van der Waals surface area contributed by atoms with Gasteiger partial charge in [0.25, 0.3) is 0 Å². The number of urea groups is 1. The number of piperazine rings is 1. The van der Waals surface area contributed by atoms with Crippen molar-refractivity contribution in [1.29, 1.82) is 0 Å². The number of thioether (sulfide) groups is 1. The number of likely N-dealkylation sites (tertiary alicyclic amines) is 1. The maximum atomic E-state index is 14.0. The first kappa shape index (κ1) is 31.7. The van der Waals surface area contributed by atoms with E-state index in [-0.39, 0.29) is 41.1 Å². The van der Waals surface area contributed by atoms with Crippen molar-refractivity contribution in [3.63, 3.8) is 0 Å². The Balaban J connectivity index is 1.11. The standard InChI is InChI=1S/C35H48N6O3S/c1-35(2,3)24-41-32(43)30(45-33(41)27-10-6-8-12-29(27)38-21-19-37(4)20-22-38)23-31(42)39-16-14-26(15-17-39)40-18-13-25-9-5-7-11-28(25)36-34(40)44/h5-12,26,30,33H,13-24H2,1-4H3,(H,36,44). The SMILES string of the molecule is CN1CCN(c2ccccc2C2SC(CC(=O)N3CCC(N4CCc5ccccc5NC4=O)CC3)C(=O)N2CC(C)(C)C)CC1. The predicted octanol–water partition coefficient (Wildman–Crippen LogP) is 4.90. The summed E-state index contributed by atoms with van der Waals surface area (Å²) in [5.41, 5.74) is 4.34. The van der Waals surface area contributed by atoms with Crippen LogP contribution in [0.4, 0.5) is 16.2 Å². The summed E-state index contributed by atoms with van der Waals surface area (Å²) in [7, 11) is 2.16. The Hall–Kier alpha value is -3.24. The summed E-state index contributed by atoms with van der Waals surface area (Å²) in [4.78, 5) is 51.4. The summed E-state index contributed by atoms with van der Waals surface area (Å²) in [6, 6.07) is 16.5. The smallest absolute Gasteiger partial charge is 0.322 e. The predicted molar refractivity (Wildman–Crippen MR) is 182 cm³/mol. The maximum Gasteiger partial charge on any atom is 0.322 e. The second kappa shape index (κ2) is 13.2. The summed E-state index contributed by atoms with van der Waals surface area (Å²) in [5.74, 6) is 0.105. The number of hydrogen-bond acceptors (Lipinski definition) is 6. The number of rotatable bonds is 6. The molecule has 1 N–H and O–H groups in total. The van der Waals surface area contributed by atoms with Gasteiger partial charge in [0.1, 0.15) is 5.37 Å². The van der Waals surface area contributed by atoms with Crippen LogP contribution in [-0.4, -0.2) is 108 Å². The van der Waals surface area contributed by atoms with Gasteiger partial charge in [-0.15, -0.1) is 11.8 Å². The fourth-order valence-corrected chi connectivity index (χ4v) is 8.59. The molecule has 0 aliphatic carbocycles. The summed E-state index contributed by atoms with van der Waals surface area (Å²) in [6.07, 6.45) is 2.53. The number of anilines is 2. The van der Waals surface area contributed by atoms with E-state index in [1.165, 1.54) is 11.3 Å². The minimum Gasteiger partial charge on any atom is -0.369 e. The van der Waals surface area contributed by atoms with Gasteiger partial charge in [-0.05, 0) is 49.4 Å². The molecule has 9 nitrogen and oxygen atoms in total. The monoisotopic (exact) mass is 632 g/mol. The molecule has 242 valence electrons. The molecule has 45 heavy (non-hydrogen) atoms. The second-order valence-electron chi connectivity index (χ2n) is 14.2. The first-order valence-electron chi connectivity index (χ1n) is 16.5. The van der Waals surface area contributed by atoms with Crippen LogP contribution < -0.4 is 10.2 Å². The van der Waals surface area contributed by atoms with E-state index < -0.39 is 5.25 Å². The highest BCUT2D eigenvalue weighted by molar-refractivity contribution is 8.01.